The zero-order valence-electron chi connectivity index (χ0n) is 9.23. The Morgan fingerprint density at radius 3 is 3.06 bits per heavy atom. The van der Waals surface area contributed by atoms with Crippen LogP contribution in [0.1, 0.15) is 0 Å². The summed E-state index contributed by atoms with van der Waals surface area (Å²) < 4.78 is 0. The fraction of sp³-hybridized carbons (Fsp3) is 0.250. The van der Waals surface area contributed by atoms with E-state index in [9.17, 15) is 0 Å². The summed E-state index contributed by atoms with van der Waals surface area (Å²) in [4.78, 5) is 4.30. The molecule has 0 aliphatic rings. The highest BCUT2D eigenvalue weighted by Gasteiger charge is 2.03. The predicted octanol–water partition coefficient (Wildman–Crippen LogP) is 2.59. The van der Waals surface area contributed by atoms with Gasteiger partial charge in [0.05, 0.1) is 11.2 Å². The van der Waals surface area contributed by atoms with Crippen LogP contribution < -0.4 is 11.1 Å². The molecule has 16 heavy (non-hydrogen) atoms. The van der Waals surface area contributed by atoms with Crippen LogP contribution in [-0.2, 0) is 0 Å². The van der Waals surface area contributed by atoms with Crippen LogP contribution in [0.2, 0.25) is 0 Å². The Labute approximate surface area is 99.4 Å². The molecule has 3 nitrogen and oxygen atoms in total. The molecule has 0 spiro atoms. The van der Waals surface area contributed by atoms with Crippen molar-refractivity contribution in [3.05, 3.63) is 30.5 Å². The summed E-state index contributed by atoms with van der Waals surface area (Å²) in [6.45, 7) is 0.953. The summed E-state index contributed by atoms with van der Waals surface area (Å²) in [6.07, 6.45) is 3.87. The fourth-order valence-electron chi connectivity index (χ4n) is 1.64. The van der Waals surface area contributed by atoms with Crippen molar-refractivity contribution in [2.45, 2.75) is 0 Å². The van der Waals surface area contributed by atoms with Gasteiger partial charge in [0.25, 0.3) is 0 Å². The molecule has 0 amide bonds. The number of aromatic nitrogens is 1. The summed E-state index contributed by atoms with van der Waals surface area (Å²) in [7, 11) is 0. The molecule has 0 fully saturated rings. The first-order chi connectivity index (χ1) is 7.83. The molecule has 0 saturated carbocycles. The van der Waals surface area contributed by atoms with E-state index >= 15 is 0 Å². The van der Waals surface area contributed by atoms with Gasteiger partial charge in [0, 0.05) is 29.6 Å². The highest BCUT2D eigenvalue weighted by Crippen LogP contribution is 2.26. The molecule has 0 bridgehead atoms. The molecular weight excluding hydrogens is 218 g/mol. The molecule has 0 radical (unpaired) electrons. The SMILES string of the molecule is CSCCNc1ccc(N)c2ncccc12. The number of pyridine rings is 1. The molecule has 0 unspecified atom stereocenters. The number of benzene rings is 1. The zero-order valence-corrected chi connectivity index (χ0v) is 10.1. The number of anilines is 2. The number of rotatable bonds is 4. The lowest BCUT2D eigenvalue weighted by molar-refractivity contribution is 1.24. The van der Waals surface area contributed by atoms with Crippen LogP contribution in [0.3, 0.4) is 0 Å². The Morgan fingerprint density at radius 1 is 1.38 bits per heavy atom. The minimum atomic E-state index is 0.728. The monoisotopic (exact) mass is 233 g/mol. The summed E-state index contributed by atoms with van der Waals surface area (Å²) in [6, 6.07) is 7.89. The first-order valence-corrected chi connectivity index (χ1v) is 6.58. The van der Waals surface area contributed by atoms with Gasteiger partial charge in [0.2, 0.25) is 0 Å². The van der Waals surface area contributed by atoms with Gasteiger partial charge in [-0.3, -0.25) is 4.98 Å². The van der Waals surface area contributed by atoms with Crippen molar-refractivity contribution in [3.8, 4) is 0 Å². The van der Waals surface area contributed by atoms with E-state index in [0.717, 1.165) is 34.6 Å². The third-order valence-electron chi connectivity index (χ3n) is 2.42. The average molecular weight is 233 g/mol. The quantitative estimate of drug-likeness (QED) is 0.629. The molecule has 1 aromatic carbocycles. The Kier molecular flexibility index (Phi) is 3.51. The molecule has 0 aliphatic carbocycles. The lowest BCUT2D eigenvalue weighted by atomic mass is 10.1. The van der Waals surface area contributed by atoms with E-state index in [0.29, 0.717) is 0 Å². The molecule has 2 aromatic rings. The smallest absolute Gasteiger partial charge is 0.0951 e. The first kappa shape index (κ1) is 11.1. The molecule has 0 aliphatic heterocycles. The van der Waals surface area contributed by atoms with Gasteiger partial charge in [0.1, 0.15) is 0 Å². The van der Waals surface area contributed by atoms with E-state index in [4.69, 9.17) is 5.73 Å². The van der Waals surface area contributed by atoms with Crippen LogP contribution in [-0.4, -0.2) is 23.5 Å². The van der Waals surface area contributed by atoms with Crippen molar-refractivity contribution in [2.24, 2.45) is 0 Å². The lowest BCUT2D eigenvalue weighted by Crippen LogP contribution is -2.04. The van der Waals surface area contributed by atoms with Crippen LogP contribution >= 0.6 is 11.8 Å². The Morgan fingerprint density at radius 2 is 2.25 bits per heavy atom. The molecule has 1 heterocycles. The molecule has 4 heteroatoms. The highest BCUT2D eigenvalue weighted by molar-refractivity contribution is 7.98. The second kappa shape index (κ2) is 5.07. The summed E-state index contributed by atoms with van der Waals surface area (Å²) >= 11 is 1.83. The fourth-order valence-corrected chi connectivity index (χ4v) is 1.94. The maximum Gasteiger partial charge on any atom is 0.0951 e. The normalized spacial score (nSPS) is 10.6. The van der Waals surface area contributed by atoms with Crippen LogP contribution in [0.5, 0.6) is 0 Å². The second-order valence-electron chi connectivity index (χ2n) is 3.52. The number of hydrogen-bond acceptors (Lipinski definition) is 4. The lowest BCUT2D eigenvalue weighted by Gasteiger charge is -2.09. The molecule has 1 aromatic heterocycles. The van der Waals surface area contributed by atoms with Crippen molar-refractivity contribution in [1.82, 2.24) is 4.98 Å². The van der Waals surface area contributed by atoms with Crippen LogP contribution in [0.15, 0.2) is 30.5 Å². The molecule has 0 atom stereocenters. The summed E-state index contributed by atoms with van der Waals surface area (Å²) in [5, 5.41) is 4.49. The number of thioether (sulfide) groups is 1. The Bertz CT molecular complexity index is 485. The van der Waals surface area contributed by atoms with Crippen molar-refractivity contribution < 1.29 is 0 Å². The van der Waals surface area contributed by atoms with Gasteiger partial charge in [-0.05, 0) is 30.5 Å². The van der Waals surface area contributed by atoms with Gasteiger partial charge in [-0.15, -0.1) is 0 Å². The highest BCUT2D eigenvalue weighted by atomic mass is 32.2. The van der Waals surface area contributed by atoms with E-state index in [1.165, 1.54) is 0 Å². The zero-order chi connectivity index (χ0) is 11.4. The number of nitrogen functional groups attached to an aromatic ring is 1. The van der Waals surface area contributed by atoms with Crippen LogP contribution in [0.4, 0.5) is 11.4 Å². The van der Waals surface area contributed by atoms with Gasteiger partial charge in [-0.1, -0.05) is 0 Å². The minimum Gasteiger partial charge on any atom is -0.397 e. The maximum atomic E-state index is 5.89. The topological polar surface area (TPSA) is 50.9 Å². The van der Waals surface area contributed by atoms with E-state index in [1.54, 1.807) is 6.20 Å². The Hall–Kier alpha value is -1.42. The number of nitrogens with zero attached hydrogens (tertiary/aromatic N) is 1. The van der Waals surface area contributed by atoms with Crippen LogP contribution in [0, 0.1) is 0 Å². The van der Waals surface area contributed by atoms with Crippen LogP contribution in [0.25, 0.3) is 10.9 Å². The van der Waals surface area contributed by atoms with Gasteiger partial charge in [-0.25, -0.2) is 0 Å². The van der Waals surface area contributed by atoms with E-state index < -0.39 is 0 Å². The largest absolute Gasteiger partial charge is 0.397 e. The Balaban J connectivity index is 2.35. The van der Waals surface area contributed by atoms with Gasteiger partial charge >= 0.3 is 0 Å². The summed E-state index contributed by atoms with van der Waals surface area (Å²) in [5.41, 5.74) is 8.59. The minimum absolute atomic E-state index is 0.728. The number of nitrogens with one attached hydrogen (secondary N) is 1. The predicted molar refractivity (Wildman–Crippen MR) is 73.0 cm³/mol. The second-order valence-corrected chi connectivity index (χ2v) is 4.51. The van der Waals surface area contributed by atoms with Crippen molar-refractivity contribution in [1.29, 1.82) is 0 Å². The number of fused-ring (bicyclic) bond motifs is 1. The number of hydrogen-bond donors (Lipinski definition) is 2. The maximum absolute atomic E-state index is 5.89. The van der Waals surface area contributed by atoms with Crippen molar-refractivity contribution >= 4 is 34.0 Å². The standard InChI is InChI=1S/C12H15N3S/c1-16-8-7-14-11-5-4-10(13)12-9(11)3-2-6-15-12/h2-6,14H,7-8,13H2,1H3. The van der Waals surface area contributed by atoms with E-state index in [2.05, 4.69) is 16.6 Å². The van der Waals surface area contributed by atoms with E-state index in [1.807, 2.05) is 36.0 Å². The van der Waals surface area contributed by atoms with E-state index in [-0.39, 0.29) is 0 Å². The van der Waals surface area contributed by atoms with Gasteiger partial charge < -0.3 is 11.1 Å². The molecule has 84 valence electrons. The molecule has 2 rings (SSSR count). The van der Waals surface area contributed by atoms with Crippen molar-refractivity contribution in [3.63, 3.8) is 0 Å². The molecular formula is C12H15N3S. The molecule has 0 saturated heterocycles. The third kappa shape index (κ3) is 2.22. The third-order valence-corrected chi connectivity index (χ3v) is 3.03. The average Bonchev–Trinajstić information content (AvgIpc) is 2.33. The first-order valence-electron chi connectivity index (χ1n) is 5.19. The summed E-state index contributed by atoms with van der Waals surface area (Å²) in [5.74, 6) is 1.09. The molecule has 3 N–H and O–H groups in total. The van der Waals surface area contributed by atoms with Gasteiger partial charge in [0.15, 0.2) is 0 Å². The van der Waals surface area contributed by atoms with Crippen molar-refractivity contribution in [2.75, 3.05) is 29.6 Å². The van der Waals surface area contributed by atoms with Gasteiger partial charge in [-0.2, -0.15) is 11.8 Å². The number of nitrogens with two attached hydrogens (primary N) is 1.